The van der Waals surface area contributed by atoms with Gasteiger partial charge in [-0.15, -0.1) is 12.3 Å². The fourth-order valence-corrected chi connectivity index (χ4v) is 3.82. The third-order valence-electron chi connectivity index (χ3n) is 4.67. The smallest absolute Gasteiger partial charge is 0.410 e. The number of hydrogen-bond acceptors (Lipinski definition) is 3. The molecular weight excluding hydrogens is 276 g/mol. The van der Waals surface area contributed by atoms with Crippen LogP contribution in [0, 0.1) is 18.3 Å². The van der Waals surface area contributed by atoms with E-state index in [0.29, 0.717) is 18.0 Å². The second-order valence-corrected chi connectivity index (χ2v) is 7.49. The van der Waals surface area contributed by atoms with Gasteiger partial charge in [-0.1, -0.05) is 6.42 Å². The molecule has 1 heterocycles. The molecule has 0 aromatic carbocycles. The van der Waals surface area contributed by atoms with Crippen LogP contribution in [0.5, 0.6) is 0 Å². The van der Waals surface area contributed by atoms with Crippen molar-refractivity contribution in [2.45, 2.75) is 77.0 Å². The van der Waals surface area contributed by atoms with Crippen molar-refractivity contribution in [2.24, 2.45) is 5.92 Å². The number of carbonyl (C=O) groups excluding carboxylic acids is 1. The molecule has 1 aliphatic carbocycles. The van der Waals surface area contributed by atoms with Crippen LogP contribution in [0.2, 0.25) is 0 Å². The van der Waals surface area contributed by atoms with Crippen LogP contribution in [-0.2, 0) is 4.74 Å². The SMILES string of the molecule is C#CCCNC1CCCC1C1CCCN1C(=O)OC(C)(C)C. The second kappa shape index (κ2) is 7.37. The van der Waals surface area contributed by atoms with Crippen LogP contribution in [0.4, 0.5) is 4.79 Å². The van der Waals surface area contributed by atoms with Gasteiger partial charge in [0.25, 0.3) is 0 Å². The van der Waals surface area contributed by atoms with E-state index in [9.17, 15) is 4.79 Å². The van der Waals surface area contributed by atoms with Gasteiger partial charge in [0.15, 0.2) is 0 Å². The second-order valence-electron chi connectivity index (χ2n) is 7.49. The lowest BCUT2D eigenvalue weighted by Gasteiger charge is -2.34. The van der Waals surface area contributed by atoms with E-state index >= 15 is 0 Å². The van der Waals surface area contributed by atoms with Crippen molar-refractivity contribution in [1.29, 1.82) is 0 Å². The molecule has 0 aromatic rings. The summed E-state index contributed by atoms with van der Waals surface area (Å²) in [7, 11) is 0. The Morgan fingerprint density at radius 2 is 2.09 bits per heavy atom. The number of hydrogen-bond donors (Lipinski definition) is 1. The van der Waals surface area contributed by atoms with E-state index in [0.717, 1.165) is 32.4 Å². The molecule has 0 radical (unpaired) electrons. The van der Waals surface area contributed by atoms with Crippen molar-refractivity contribution in [3.63, 3.8) is 0 Å². The number of nitrogens with one attached hydrogen (secondary N) is 1. The molecule has 124 valence electrons. The van der Waals surface area contributed by atoms with Crippen LogP contribution in [-0.4, -0.2) is 41.8 Å². The Morgan fingerprint density at radius 3 is 2.77 bits per heavy atom. The molecule has 2 fully saturated rings. The van der Waals surface area contributed by atoms with Crippen LogP contribution in [0.1, 0.15) is 59.3 Å². The lowest BCUT2D eigenvalue weighted by Crippen LogP contribution is -2.47. The molecule has 1 amide bonds. The number of terminal acetylenes is 1. The summed E-state index contributed by atoms with van der Waals surface area (Å²) in [6.07, 6.45) is 11.7. The zero-order chi connectivity index (χ0) is 16.2. The fraction of sp³-hybridized carbons (Fsp3) is 0.833. The first-order chi connectivity index (χ1) is 10.4. The van der Waals surface area contributed by atoms with Gasteiger partial charge in [-0.2, -0.15) is 0 Å². The van der Waals surface area contributed by atoms with Crippen LogP contribution in [0.25, 0.3) is 0 Å². The predicted octanol–water partition coefficient (Wildman–Crippen LogP) is 3.17. The maximum Gasteiger partial charge on any atom is 0.410 e. The van der Waals surface area contributed by atoms with Gasteiger partial charge in [0, 0.05) is 31.6 Å². The van der Waals surface area contributed by atoms with Crippen molar-refractivity contribution in [2.75, 3.05) is 13.1 Å². The Morgan fingerprint density at radius 1 is 1.32 bits per heavy atom. The van der Waals surface area contributed by atoms with E-state index in [2.05, 4.69) is 11.2 Å². The van der Waals surface area contributed by atoms with Crippen LogP contribution >= 0.6 is 0 Å². The average Bonchev–Trinajstić information content (AvgIpc) is 3.04. The third kappa shape index (κ3) is 4.39. The number of likely N-dealkylation sites (tertiary alicyclic amines) is 1. The van der Waals surface area contributed by atoms with Gasteiger partial charge >= 0.3 is 6.09 Å². The molecule has 1 aliphatic heterocycles. The van der Waals surface area contributed by atoms with E-state index in [1.54, 1.807) is 0 Å². The highest BCUT2D eigenvalue weighted by atomic mass is 16.6. The van der Waals surface area contributed by atoms with Crippen molar-refractivity contribution >= 4 is 6.09 Å². The number of amides is 1. The minimum atomic E-state index is -0.426. The fourth-order valence-electron chi connectivity index (χ4n) is 3.82. The van der Waals surface area contributed by atoms with Crippen molar-refractivity contribution in [3.05, 3.63) is 0 Å². The van der Waals surface area contributed by atoms with E-state index < -0.39 is 5.60 Å². The summed E-state index contributed by atoms with van der Waals surface area (Å²) >= 11 is 0. The molecule has 1 saturated carbocycles. The summed E-state index contributed by atoms with van der Waals surface area (Å²) < 4.78 is 5.59. The molecule has 2 rings (SSSR count). The van der Waals surface area contributed by atoms with E-state index in [1.165, 1.54) is 19.3 Å². The van der Waals surface area contributed by atoms with Crippen LogP contribution < -0.4 is 5.32 Å². The van der Waals surface area contributed by atoms with Crippen molar-refractivity contribution in [3.8, 4) is 12.3 Å². The minimum Gasteiger partial charge on any atom is -0.444 e. The highest BCUT2D eigenvalue weighted by Gasteiger charge is 2.41. The predicted molar refractivity (Wildman–Crippen MR) is 88.5 cm³/mol. The molecule has 1 N–H and O–H groups in total. The van der Waals surface area contributed by atoms with Gasteiger partial charge in [-0.25, -0.2) is 4.79 Å². The third-order valence-corrected chi connectivity index (χ3v) is 4.67. The quantitative estimate of drug-likeness (QED) is 0.641. The van der Waals surface area contributed by atoms with Gasteiger partial charge < -0.3 is 15.0 Å². The van der Waals surface area contributed by atoms with E-state index in [4.69, 9.17) is 11.2 Å². The summed E-state index contributed by atoms with van der Waals surface area (Å²) in [5, 5.41) is 3.60. The van der Waals surface area contributed by atoms with Crippen LogP contribution in [0.3, 0.4) is 0 Å². The standard InChI is InChI=1S/C18H30N2O2/c1-5-6-12-19-15-10-7-9-14(15)16-11-8-13-20(16)17(21)22-18(2,3)4/h1,14-16,19H,6-13H2,2-4H3. The molecule has 4 heteroatoms. The van der Waals surface area contributed by atoms with E-state index in [1.807, 2.05) is 25.7 Å². The van der Waals surface area contributed by atoms with Gasteiger partial charge in [0.2, 0.25) is 0 Å². The topological polar surface area (TPSA) is 41.6 Å². The summed E-state index contributed by atoms with van der Waals surface area (Å²) in [5.74, 6) is 3.22. The molecule has 1 saturated heterocycles. The Hall–Kier alpha value is -1.21. The molecule has 2 aliphatic rings. The summed E-state index contributed by atoms with van der Waals surface area (Å²) in [5.41, 5.74) is -0.426. The highest BCUT2D eigenvalue weighted by Crippen LogP contribution is 2.36. The largest absolute Gasteiger partial charge is 0.444 e. The van der Waals surface area contributed by atoms with Gasteiger partial charge in [0.05, 0.1) is 0 Å². The molecule has 3 unspecified atom stereocenters. The Labute approximate surface area is 135 Å². The maximum absolute atomic E-state index is 12.5. The van der Waals surface area contributed by atoms with Crippen LogP contribution in [0.15, 0.2) is 0 Å². The molecule has 0 spiro atoms. The molecule has 0 bridgehead atoms. The summed E-state index contributed by atoms with van der Waals surface area (Å²) in [6.45, 7) is 7.48. The zero-order valence-corrected chi connectivity index (χ0v) is 14.2. The van der Waals surface area contributed by atoms with Gasteiger partial charge in [-0.05, 0) is 52.4 Å². The molecule has 4 nitrogen and oxygen atoms in total. The Bertz CT molecular complexity index is 422. The average molecular weight is 306 g/mol. The number of nitrogens with zero attached hydrogens (tertiary/aromatic N) is 1. The molecule has 3 atom stereocenters. The lowest BCUT2D eigenvalue weighted by atomic mass is 9.92. The zero-order valence-electron chi connectivity index (χ0n) is 14.2. The Kier molecular flexibility index (Phi) is 5.74. The normalized spacial score (nSPS) is 28.6. The van der Waals surface area contributed by atoms with E-state index in [-0.39, 0.29) is 6.09 Å². The minimum absolute atomic E-state index is 0.149. The monoisotopic (exact) mass is 306 g/mol. The van der Waals surface area contributed by atoms with Crippen molar-refractivity contribution in [1.82, 2.24) is 10.2 Å². The van der Waals surface area contributed by atoms with Gasteiger partial charge in [0.1, 0.15) is 5.60 Å². The lowest BCUT2D eigenvalue weighted by molar-refractivity contribution is 0.0167. The van der Waals surface area contributed by atoms with Crippen molar-refractivity contribution < 1.29 is 9.53 Å². The number of carbonyl (C=O) groups is 1. The number of rotatable bonds is 4. The molecular formula is C18H30N2O2. The Balaban J connectivity index is 1.97. The summed E-state index contributed by atoms with van der Waals surface area (Å²) in [4.78, 5) is 14.4. The highest BCUT2D eigenvalue weighted by molar-refractivity contribution is 5.69. The molecule has 22 heavy (non-hydrogen) atoms. The summed E-state index contributed by atoms with van der Waals surface area (Å²) in [6, 6.07) is 0.807. The first-order valence-electron chi connectivity index (χ1n) is 8.59. The maximum atomic E-state index is 12.5. The number of ether oxygens (including phenoxy) is 1. The molecule has 0 aromatic heterocycles. The first-order valence-corrected chi connectivity index (χ1v) is 8.59. The van der Waals surface area contributed by atoms with Gasteiger partial charge in [-0.3, -0.25) is 0 Å². The first kappa shape index (κ1) is 17.1.